The minimum Gasteiger partial charge on any atom is -0.497 e. The molecule has 0 radical (unpaired) electrons. The van der Waals surface area contributed by atoms with Crippen LogP contribution < -0.4 is 4.74 Å². The van der Waals surface area contributed by atoms with Gasteiger partial charge >= 0.3 is 0 Å². The summed E-state index contributed by atoms with van der Waals surface area (Å²) in [6, 6.07) is 7.90. The van der Waals surface area contributed by atoms with Crippen molar-refractivity contribution in [3.05, 3.63) is 29.8 Å². The second-order valence-corrected chi connectivity index (χ2v) is 4.63. The number of aliphatic hydroxyl groups is 1. The van der Waals surface area contributed by atoms with Gasteiger partial charge in [-0.15, -0.1) is 0 Å². The number of methoxy groups -OCH3 is 1. The normalized spacial score (nSPS) is 14.5. The molecule has 90 valence electrons. The highest BCUT2D eigenvalue weighted by atomic mass is 16.5. The van der Waals surface area contributed by atoms with Gasteiger partial charge in [-0.2, -0.15) is 0 Å². The van der Waals surface area contributed by atoms with Crippen molar-refractivity contribution in [1.82, 2.24) is 0 Å². The van der Waals surface area contributed by atoms with Gasteiger partial charge in [-0.1, -0.05) is 31.9 Å². The zero-order valence-electron chi connectivity index (χ0n) is 10.5. The summed E-state index contributed by atoms with van der Waals surface area (Å²) in [7, 11) is 1.66. The molecule has 2 nitrogen and oxygen atoms in total. The number of hydrogen-bond donors (Lipinski definition) is 1. The topological polar surface area (TPSA) is 29.5 Å². The Morgan fingerprint density at radius 1 is 1.25 bits per heavy atom. The van der Waals surface area contributed by atoms with E-state index >= 15 is 0 Å². The van der Waals surface area contributed by atoms with Crippen LogP contribution in [-0.2, 0) is 6.42 Å². The lowest BCUT2D eigenvalue weighted by molar-refractivity contribution is 0.0490. The van der Waals surface area contributed by atoms with E-state index in [0.29, 0.717) is 6.42 Å². The molecule has 1 N–H and O–H groups in total. The SMILES string of the molecule is CCCCC(C)(O)Cc1ccc(OC)cc1. The molecule has 1 aromatic rings. The van der Waals surface area contributed by atoms with Crippen LogP contribution in [0.25, 0.3) is 0 Å². The minimum absolute atomic E-state index is 0.593. The highest BCUT2D eigenvalue weighted by molar-refractivity contribution is 5.27. The molecule has 1 unspecified atom stereocenters. The van der Waals surface area contributed by atoms with Gasteiger partial charge in [0.25, 0.3) is 0 Å². The van der Waals surface area contributed by atoms with Crippen LogP contribution in [0.4, 0.5) is 0 Å². The van der Waals surface area contributed by atoms with Gasteiger partial charge in [0.1, 0.15) is 5.75 Å². The van der Waals surface area contributed by atoms with Crippen molar-refractivity contribution in [2.45, 2.75) is 45.1 Å². The molecule has 2 heteroatoms. The first-order valence-electron chi connectivity index (χ1n) is 5.93. The Hall–Kier alpha value is -1.02. The second-order valence-electron chi connectivity index (χ2n) is 4.63. The van der Waals surface area contributed by atoms with Crippen molar-refractivity contribution in [3.8, 4) is 5.75 Å². The molecule has 0 saturated carbocycles. The van der Waals surface area contributed by atoms with Crippen LogP contribution in [0.2, 0.25) is 0 Å². The van der Waals surface area contributed by atoms with Gasteiger partial charge in [0.2, 0.25) is 0 Å². The van der Waals surface area contributed by atoms with Gasteiger partial charge in [0.15, 0.2) is 0 Å². The molecule has 0 saturated heterocycles. The highest BCUT2D eigenvalue weighted by Gasteiger charge is 2.19. The van der Waals surface area contributed by atoms with E-state index in [0.717, 1.165) is 30.6 Å². The van der Waals surface area contributed by atoms with E-state index in [-0.39, 0.29) is 0 Å². The standard InChI is InChI=1S/C14H22O2/c1-4-5-10-14(2,15)11-12-6-8-13(16-3)9-7-12/h6-9,15H,4-5,10-11H2,1-3H3. The molecular formula is C14H22O2. The van der Waals surface area contributed by atoms with Crippen molar-refractivity contribution >= 4 is 0 Å². The Balaban J connectivity index is 2.57. The molecule has 1 atom stereocenters. The Morgan fingerprint density at radius 2 is 1.88 bits per heavy atom. The fraction of sp³-hybridized carbons (Fsp3) is 0.571. The number of rotatable bonds is 6. The maximum atomic E-state index is 10.2. The van der Waals surface area contributed by atoms with E-state index in [2.05, 4.69) is 6.92 Å². The predicted molar refractivity (Wildman–Crippen MR) is 66.8 cm³/mol. The monoisotopic (exact) mass is 222 g/mol. The smallest absolute Gasteiger partial charge is 0.118 e. The zero-order valence-corrected chi connectivity index (χ0v) is 10.5. The average Bonchev–Trinajstić information content (AvgIpc) is 2.27. The molecule has 0 spiro atoms. The third-order valence-electron chi connectivity index (χ3n) is 2.81. The lowest BCUT2D eigenvalue weighted by atomic mass is 9.91. The van der Waals surface area contributed by atoms with Gasteiger partial charge in [0, 0.05) is 6.42 Å². The predicted octanol–water partition coefficient (Wildman–Crippen LogP) is 3.18. The van der Waals surface area contributed by atoms with Gasteiger partial charge in [-0.3, -0.25) is 0 Å². The van der Waals surface area contributed by atoms with Crippen LogP contribution in [0.1, 0.15) is 38.7 Å². The maximum Gasteiger partial charge on any atom is 0.118 e. The number of unbranched alkanes of at least 4 members (excludes halogenated alkanes) is 1. The lowest BCUT2D eigenvalue weighted by Crippen LogP contribution is -2.26. The van der Waals surface area contributed by atoms with E-state index in [1.54, 1.807) is 7.11 Å². The summed E-state index contributed by atoms with van der Waals surface area (Å²) in [5.41, 5.74) is 0.562. The minimum atomic E-state index is -0.593. The molecular weight excluding hydrogens is 200 g/mol. The number of benzene rings is 1. The summed E-state index contributed by atoms with van der Waals surface area (Å²) in [5.74, 6) is 0.858. The zero-order chi connectivity index (χ0) is 12.0. The van der Waals surface area contributed by atoms with Crippen molar-refractivity contribution < 1.29 is 9.84 Å². The summed E-state index contributed by atoms with van der Waals surface area (Å²) in [6.45, 7) is 4.05. The molecule has 0 aliphatic heterocycles. The number of hydrogen-bond acceptors (Lipinski definition) is 2. The van der Waals surface area contributed by atoms with Crippen LogP contribution in [0.3, 0.4) is 0 Å². The fourth-order valence-electron chi connectivity index (χ4n) is 1.83. The summed E-state index contributed by atoms with van der Waals surface area (Å²) in [6.07, 6.45) is 3.76. The summed E-state index contributed by atoms with van der Waals surface area (Å²) < 4.78 is 5.10. The molecule has 0 aliphatic rings. The van der Waals surface area contributed by atoms with Crippen LogP contribution in [0.15, 0.2) is 24.3 Å². The van der Waals surface area contributed by atoms with Gasteiger partial charge < -0.3 is 9.84 Å². The third-order valence-corrected chi connectivity index (χ3v) is 2.81. The number of ether oxygens (including phenoxy) is 1. The molecule has 0 amide bonds. The van der Waals surface area contributed by atoms with Crippen molar-refractivity contribution in [1.29, 1.82) is 0 Å². The van der Waals surface area contributed by atoms with Crippen LogP contribution in [0, 0.1) is 0 Å². The van der Waals surface area contributed by atoms with Crippen molar-refractivity contribution in [2.24, 2.45) is 0 Å². The molecule has 0 bridgehead atoms. The Bertz CT molecular complexity index is 301. The Morgan fingerprint density at radius 3 is 2.38 bits per heavy atom. The molecule has 1 aromatic carbocycles. The molecule has 16 heavy (non-hydrogen) atoms. The van der Waals surface area contributed by atoms with Crippen molar-refractivity contribution in [3.63, 3.8) is 0 Å². The van der Waals surface area contributed by atoms with E-state index < -0.39 is 5.60 Å². The van der Waals surface area contributed by atoms with Gasteiger partial charge in [0.05, 0.1) is 12.7 Å². The summed E-state index contributed by atoms with van der Waals surface area (Å²) in [5, 5.41) is 10.2. The molecule has 0 fully saturated rings. The Kier molecular flexibility index (Phi) is 4.81. The van der Waals surface area contributed by atoms with E-state index in [4.69, 9.17) is 4.74 Å². The molecule has 0 heterocycles. The van der Waals surface area contributed by atoms with Crippen LogP contribution >= 0.6 is 0 Å². The third kappa shape index (κ3) is 4.23. The van der Waals surface area contributed by atoms with Gasteiger partial charge in [-0.05, 0) is 31.0 Å². The fourth-order valence-corrected chi connectivity index (χ4v) is 1.83. The lowest BCUT2D eigenvalue weighted by Gasteiger charge is -2.23. The summed E-state index contributed by atoms with van der Waals surface area (Å²) >= 11 is 0. The van der Waals surface area contributed by atoms with Crippen LogP contribution in [0.5, 0.6) is 5.75 Å². The maximum absolute atomic E-state index is 10.2. The molecule has 0 aromatic heterocycles. The summed E-state index contributed by atoms with van der Waals surface area (Å²) in [4.78, 5) is 0. The molecule has 1 rings (SSSR count). The van der Waals surface area contributed by atoms with Crippen molar-refractivity contribution in [2.75, 3.05) is 7.11 Å². The van der Waals surface area contributed by atoms with Crippen LogP contribution in [-0.4, -0.2) is 17.8 Å². The quantitative estimate of drug-likeness (QED) is 0.801. The largest absolute Gasteiger partial charge is 0.497 e. The Labute approximate surface area is 98.3 Å². The van der Waals surface area contributed by atoms with E-state index in [1.165, 1.54) is 0 Å². The second kappa shape index (κ2) is 5.90. The molecule has 0 aliphatic carbocycles. The van der Waals surface area contributed by atoms with E-state index in [9.17, 15) is 5.11 Å². The first-order valence-corrected chi connectivity index (χ1v) is 5.93. The van der Waals surface area contributed by atoms with E-state index in [1.807, 2.05) is 31.2 Å². The average molecular weight is 222 g/mol. The highest BCUT2D eigenvalue weighted by Crippen LogP contribution is 2.21. The first-order chi connectivity index (χ1) is 7.57. The van der Waals surface area contributed by atoms with Gasteiger partial charge in [-0.25, -0.2) is 0 Å². The first kappa shape index (κ1) is 13.0.